The second-order valence-electron chi connectivity index (χ2n) is 3.38. The number of hydrogen-bond donors (Lipinski definition) is 1. The summed E-state index contributed by atoms with van der Waals surface area (Å²) in [5.41, 5.74) is 0.526. The average Bonchev–Trinajstić information content (AvgIpc) is 2.20. The van der Waals surface area contributed by atoms with Crippen LogP contribution >= 0.6 is 11.6 Å². The van der Waals surface area contributed by atoms with Crippen LogP contribution in [-0.4, -0.2) is 24.9 Å². The summed E-state index contributed by atoms with van der Waals surface area (Å²) >= 11 is 5.74. The van der Waals surface area contributed by atoms with Gasteiger partial charge in [0.05, 0.1) is 12.7 Å². The number of rotatable bonds is 5. The first-order valence-electron chi connectivity index (χ1n) is 4.74. The molecular formula is C11H14ClFO2. The van der Waals surface area contributed by atoms with Gasteiger partial charge in [-0.2, -0.15) is 0 Å². The van der Waals surface area contributed by atoms with Crippen LogP contribution in [0.15, 0.2) is 18.2 Å². The van der Waals surface area contributed by atoms with Gasteiger partial charge in [0.2, 0.25) is 0 Å². The van der Waals surface area contributed by atoms with Crippen molar-refractivity contribution in [3.05, 3.63) is 34.6 Å². The molecule has 4 heteroatoms. The van der Waals surface area contributed by atoms with Crippen molar-refractivity contribution in [1.29, 1.82) is 0 Å². The molecule has 15 heavy (non-hydrogen) atoms. The van der Waals surface area contributed by atoms with Crippen LogP contribution in [0.1, 0.15) is 12.0 Å². The van der Waals surface area contributed by atoms with E-state index in [0.717, 1.165) is 0 Å². The molecule has 1 N–H and O–H groups in total. The predicted molar refractivity (Wildman–Crippen MR) is 57.6 cm³/mol. The van der Waals surface area contributed by atoms with Gasteiger partial charge in [-0.3, -0.25) is 0 Å². The Labute approximate surface area is 93.6 Å². The van der Waals surface area contributed by atoms with Crippen molar-refractivity contribution in [3.63, 3.8) is 0 Å². The van der Waals surface area contributed by atoms with Gasteiger partial charge in [-0.25, -0.2) is 4.39 Å². The van der Waals surface area contributed by atoms with E-state index < -0.39 is 6.10 Å². The Bertz CT molecular complexity index is 317. The standard InChI is InChI=1S/C11H14ClFO2/c1-15-7-10(14)4-2-8-6-9(12)3-5-11(8)13/h3,5-6,10,14H,2,4,7H2,1H3. The zero-order valence-corrected chi connectivity index (χ0v) is 9.30. The number of aliphatic hydroxyl groups is 1. The molecule has 0 heterocycles. The summed E-state index contributed by atoms with van der Waals surface area (Å²) in [6.07, 6.45) is 0.357. The van der Waals surface area contributed by atoms with Gasteiger partial charge in [-0.1, -0.05) is 11.6 Å². The van der Waals surface area contributed by atoms with E-state index in [0.29, 0.717) is 23.4 Å². The molecule has 2 nitrogen and oxygen atoms in total. The van der Waals surface area contributed by atoms with Gasteiger partial charge in [0, 0.05) is 12.1 Å². The first-order chi connectivity index (χ1) is 7.13. The van der Waals surface area contributed by atoms with Gasteiger partial charge in [0.15, 0.2) is 0 Å². The lowest BCUT2D eigenvalue weighted by molar-refractivity contribution is 0.0594. The Morgan fingerprint density at radius 3 is 2.93 bits per heavy atom. The van der Waals surface area contributed by atoms with Gasteiger partial charge < -0.3 is 9.84 Å². The molecule has 0 aromatic heterocycles. The van der Waals surface area contributed by atoms with Crippen LogP contribution in [0.5, 0.6) is 0 Å². The topological polar surface area (TPSA) is 29.5 Å². The highest BCUT2D eigenvalue weighted by molar-refractivity contribution is 6.30. The number of halogens is 2. The fraction of sp³-hybridized carbons (Fsp3) is 0.455. The van der Waals surface area contributed by atoms with E-state index in [-0.39, 0.29) is 12.4 Å². The molecule has 0 radical (unpaired) electrons. The molecule has 1 rings (SSSR count). The third kappa shape index (κ3) is 4.16. The molecule has 1 aromatic carbocycles. The molecule has 0 aliphatic carbocycles. The molecule has 0 spiro atoms. The lowest BCUT2D eigenvalue weighted by Crippen LogP contribution is -2.15. The molecule has 1 unspecified atom stereocenters. The minimum absolute atomic E-state index is 0.266. The zero-order chi connectivity index (χ0) is 11.3. The number of aryl methyl sites for hydroxylation is 1. The van der Waals surface area contributed by atoms with E-state index in [1.165, 1.54) is 19.2 Å². The summed E-state index contributed by atoms with van der Waals surface area (Å²) in [7, 11) is 1.52. The fourth-order valence-corrected chi connectivity index (χ4v) is 1.53. The van der Waals surface area contributed by atoms with Gasteiger partial charge in [0.1, 0.15) is 5.82 Å². The Hall–Kier alpha value is -0.640. The maximum absolute atomic E-state index is 13.2. The summed E-state index contributed by atoms with van der Waals surface area (Å²) in [6, 6.07) is 4.42. The van der Waals surface area contributed by atoms with E-state index in [4.69, 9.17) is 16.3 Å². The minimum atomic E-state index is -0.562. The maximum atomic E-state index is 13.2. The third-order valence-corrected chi connectivity index (χ3v) is 2.35. The van der Waals surface area contributed by atoms with Crippen LogP contribution in [0.25, 0.3) is 0 Å². The Balaban J connectivity index is 2.53. The van der Waals surface area contributed by atoms with E-state index in [1.807, 2.05) is 0 Å². The lowest BCUT2D eigenvalue weighted by Gasteiger charge is -2.09. The largest absolute Gasteiger partial charge is 0.391 e. The van der Waals surface area contributed by atoms with Crippen LogP contribution in [0.2, 0.25) is 5.02 Å². The summed E-state index contributed by atoms with van der Waals surface area (Å²) in [5.74, 6) is -0.288. The Morgan fingerprint density at radius 2 is 2.27 bits per heavy atom. The number of ether oxygens (including phenoxy) is 1. The molecule has 0 aliphatic rings. The molecule has 0 saturated carbocycles. The normalized spacial score (nSPS) is 12.8. The molecule has 0 amide bonds. The molecule has 0 aliphatic heterocycles. The van der Waals surface area contributed by atoms with Crippen molar-refractivity contribution >= 4 is 11.6 Å². The molecule has 0 fully saturated rings. The highest BCUT2D eigenvalue weighted by Crippen LogP contribution is 2.16. The summed E-state index contributed by atoms with van der Waals surface area (Å²) in [4.78, 5) is 0. The molecular weight excluding hydrogens is 219 g/mol. The highest BCUT2D eigenvalue weighted by atomic mass is 35.5. The summed E-state index contributed by atoms with van der Waals surface area (Å²) in [5, 5.41) is 9.90. The fourth-order valence-electron chi connectivity index (χ4n) is 1.33. The first-order valence-corrected chi connectivity index (χ1v) is 5.12. The molecule has 1 aromatic rings. The van der Waals surface area contributed by atoms with Gasteiger partial charge in [-0.15, -0.1) is 0 Å². The quantitative estimate of drug-likeness (QED) is 0.845. The number of hydrogen-bond acceptors (Lipinski definition) is 2. The van der Waals surface area contributed by atoms with Gasteiger partial charge in [0.25, 0.3) is 0 Å². The Kier molecular flexibility index (Phi) is 5.02. The van der Waals surface area contributed by atoms with E-state index >= 15 is 0 Å². The van der Waals surface area contributed by atoms with Crippen LogP contribution in [0.3, 0.4) is 0 Å². The first kappa shape index (κ1) is 12.4. The monoisotopic (exact) mass is 232 g/mol. The van der Waals surface area contributed by atoms with Crippen LogP contribution in [-0.2, 0) is 11.2 Å². The second-order valence-corrected chi connectivity index (χ2v) is 3.82. The molecule has 0 saturated heterocycles. The number of methoxy groups -OCH3 is 1. The second kappa shape index (κ2) is 6.05. The molecule has 84 valence electrons. The Morgan fingerprint density at radius 1 is 1.53 bits per heavy atom. The van der Waals surface area contributed by atoms with Crippen molar-refractivity contribution in [2.24, 2.45) is 0 Å². The van der Waals surface area contributed by atoms with Crippen molar-refractivity contribution in [2.45, 2.75) is 18.9 Å². The van der Waals surface area contributed by atoms with Crippen molar-refractivity contribution in [3.8, 4) is 0 Å². The minimum Gasteiger partial charge on any atom is -0.391 e. The molecule has 0 bridgehead atoms. The molecule has 1 atom stereocenters. The summed E-state index contributed by atoms with van der Waals surface area (Å²) < 4.78 is 18.0. The number of aliphatic hydroxyl groups excluding tert-OH is 1. The smallest absolute Gasteiger partial charge is 0.126 e. The highest BCUT2D eigenvalue weighted by Gasteiger charge is 2.07. The number of benzene rings is 1. The predicted octanol–water partition coefficient (Wildman–Crippen LogP) is 2.42. The van der Waals surface area contributed by atoms with Crippen molar-refractivity contribution in [1.82, 2.24) is 0 Å². The maximum Gasteiger partial charge on any atom is 0.126 e. The third-order valence-electron chi connectivity index (χ3n) is 2.11. The van der Waals surface area contributed by atoms with Gasteiger partial charge in [-0.05, 0) is 36.6 Å². The van der Waals surface area contributed by atoms with Gasteiger partial charge >= 0.3 is 0 Å². The van der Waals surface area contributed by atoms with Crippen LogP contribution in [0.4, 0.5) is 4.39 Å². The van der Waals surface area contributed by atoms with E-state index in [9.17, 15) is 9.50 Å². The average molecular weight is 233 g/mol. The summed E-state index contributed by atoms with van der Waals surface area (Å²) in [6.45, 7) is 0.266. The van der Waals surface area contributed by atoms with Crippen LogP contribution < -0.4 is 0 Å². The van der Waals surface area contributed by atoms with E-state index in [2.05, 4.69) is 0 Å². The lowest BCUT2D eigenvalue weighted by atomic mass is 10.1. The van der Waals surface area contributed by atoms with Crippen LogP contribution in [0, 0.1) is 5.82 Å². The van der Waals surface area contributed by atoms with E-state index in [1.54, 1.807) is 6.07 Å². The zero-order valence-electron chi connectivity index (χ0n) is 8.54. The SMILES string of the molecule is COCC(O)CCc1cc(Cl)ccc1F. The van der Waals surface area contributed by atoms with Crippen molar-refractivity contribution in [2.75, 3.05) is 13.7 Å². The van der Waals surface area contributed by atoms with Crippen molar-refractivity contribution < 1.29 is 14.2 Å².